The zero-order valence-corrected chi connectivity index (χ0v) is 37.9. The number of hydrogen-bond acceptors (Lipinski definition) is 0. The molecule has 4 aromatic rings. The molecule has 4 aromatic carbocycles. The van der Waals surface area contributed by atoms with Gasteiger partial charge < -0.3 is 24.8 Å². The molecule has 0 N–H and O–H groups in total. The van der Waals surface area contributed by atoms with Gasteiger partial charge in [0.15, 0.2) is 0 Å². The minimum absolute atomic E-state index is 0. The van der Waals surface area contributed by atoms with Gasteiger partial charge in [0, 0.05) is 0 Å². The second-order valence-corrected chi connectivity index (χ2v) is 26.5. The molecule has 0 aromatic heterocycles. The van der Waals surface area contributed by atoms with Crippen LogP contribution in [0.15, 0.2) is 96.1 Å². The SMILES string of the molecule is CCCCC1=Cc2c(-c3ccc(C(C)(C)C)cc3)cccc2[CH]1[Ti+2]1([CH]2C(CCCC)=Cc3c(-c4ccc(C(C)(C)C)cc4)cccc32)[CH]2CCCC[CH]21.[Cl-].[Cl-]. The fraction of sp³-hybridized carbons (Fsp3) is 0.462. The first kappa shape index (κ1) is 42.3. The molecule has 290 valence electrons. The van der Waals surface area contributed by atoms with Crippen LogP contribution in [0.2, 0.25) is 8.45 Å². The summed E-state index contributed by atoms with van der Waals surface area (Å²) in [5, 5.41) is 0. The first-order valence-electron chi connectivity index (χ1n) is 21.4. The van der Waals surface area contributed by atoms with Crippen molar-refractivity contribution in [3.63, 3.8) is 0 Å². The van der Waals surface area contributed by atoms with Gasteiger partial charge in [0.05, 0.1) is 0 Å². The molecule has 1 heterocycles. The van der Waals surface area contributed by atoms with E-state index in [1.165, 1.54) is 97.6 Å². The van der Waals surface area contributed by atoms with Crippen LogP contribution in [-0.2, 0) is 27.4 Å². The van der Waals surface area contributed by atoms with Gasteiger partial charge in [-0.3, -0.25) is 0 Å². The molecule has 0 radical (unpaired) electrons. The molecular weight excluding hydrogens is 743 g/mol. The zero-order valence-electron chi connectivity index (χ0n) is 34.9. The summed E-state index contributed by atoms with van der Waals surface area (Å²) in [6.07, 6.45) is 19.0. The third kappa shape index (κ3) is 7.46. The summed E-state index contributed by atoms with van der Waals surface area (Å²) in [6, 6.07) is 34.0. The number of allylic oxidation sites excluding steroid dienone is 2. The maximum atomic E-state index is 2.75. The van der Waals surface area contributed by atoms with Crippen molar-refractivity contribution >= 4 is 12.2 Å². The fourth-order valence-corrected chi connectivity index (χ4v) is 25.5. The molecule has 0 nitrogen and oxygen atoms in total. The van der Waals surface area contributed by atoms with Gasteiger partial charge in [-0.1, -0.05) is 0 Å². The van der Waals surface area contributed by atoms with E-state index >= 15 is 0 Å². The second kappa shape index (κ2) is 16.5. The molecule has 0 bridgehead atoms. The molecule has 1 saturated heterocycles. The summed E-state index contributed by atoms with van der Waals surface area (Å²) in [6.45, 7) is 18.7. The standard InChI is InChI=1S/2C23H27.C6H10.2ClH.Ti/c2*1-5-6-8-17-15-19-9-7-10-21(22(19)16-17)18-11-13-20(14-12-18)23(2,3)4;1-2-4-6-5-3-1;;;/h2*7,9-16H,5-6,8H2,1-4H3;1-2H,3-6H2;2*1H;/q;;;;;+2/p-2. The molecule has 55 heavy (non-hydrogen) atoms. The number of halogens is 2. The first-order chi connectivity index (χ1) is 25.5. The van der Waals surface area contributed by atoms with Crippen molar-refractivity contribution in [2.75, 3.05) is 0 Å². The Morgan fingerprint density at radius 1 is 0.527 bits per heavy atom. The summed E-state index contributed by atoms with van der Waals surface area (Å²) in [4.78, 5) is 0. The van der Waals surface area contributed by atoms with Gasteiger partial charge in [0.1, 0.15) is 0 Å². The maximum Gasteiger partial charge on any atom is -1.00 e. The average Bonchev–Trinajstić information content (AvgIpc) is 3.42. The summed E-state index contributed by atoms with van der Waals surface area (Å²) in [5.41, 5.74) is 19.0. The number of rotatable bonds is 10. The molecule has 3 heteroatoms. The van der Waals surface area contributed by atoms with Crippen LogP contribution in [-0.4, -0.2) is 0 Å². The first-order valence-corrected chi connectivity index (χ1v) is 25.0. The van der Waals surface area contributed by atoms with Crippen LogP contribution in [0.5, 0.6) is 0 Å². The molecular formula is C52H64Cl2Ti. The molecule has 2 fully saturated rings. The average molecular weight is 808 g/mol. The van der Waals surface area contributed by atoms with E-state index in [0.717, 1.165) is 8.45 Å². The predicted molar refractivity (Wildman–Crippen MR) is 228 cm³/mol. The van der Waals surface area contributed by atoms with Crippen molar-refractivity contribution in [2.24, 2.45) is 0 Å². The monoisotopic (exact) mass is 806 g/mol. The fourth-order valence-electron chi connectivity index (χ4n) is 11.3. The van der Waals surface area contributed by atoms with Crippen LogP contribution < -0.4 is 24.8 Å². The third-order valence-corrected chi connectivity index (χ3v) is 24.8. The van der Waals surface area contributed by atoms with E-state index < -0.39 is 16.6 Å². The Balaban J connectivity index is 0.00000257. The van der Waals surface area contributed by atoms with Gasteiger partial charge in [-0.25, -0.2) is 0 Å². The minimum atomic E-state index is -2.74. The topological polar surface area (TPSA) is 0 Å². The van der Waals surface area contributed by atoms with Gasteiger partial charge >= 0.3 is 328 Å². The molecule has 3 aliphatic carbocycles. The number of unbranched alkanes of at least 4 members (excludes halogenated alkanes) is 2. The van der Waals surface area contributed by atoms with Crippen molar-refractivity contribution in [1.82, 2.24) is 0 Å². The molecule has 1 saturated carbocycles. The Bertz CT molecular complexity index is 1890. The van der Waals surface area contributed by atoms with E-state index in [9.17, 15) is 0 Å². The zero-order chi connectivity index (χ0) is 37.1. The predicted octanol–water partition coefficient (Wildman–Crippen LogP) is 9.90. The van der Waals surface area contributed by atoms with E-state index in [4.69, 9.17) is 0 Å². The van der Waals surface area contributed by atoms with Crippen LogP contribution in [0.1, 0.15) is 161 Å². The minimum Gasteiger partial charge on any atom is -1.00 e. The van der Waals surface area contributed by atoms with Gasteiger partial charge in [-0.2, -0.15) is 0 Å². The van der Waals surface area contributed by atoms with Crippen LogP contribution in [0.3, 0.4) is 0 Å². The smallest absolute Gasteiger partial charge is 1.00 e. The Labute approximate surface area is 350 Å². The summed E-state index contributed by atoms with van der Waals surface area (Å²) in [7, 11) is 0. The largest absolute Gasteiger partial charge is 1.00 e. The van der Waals surface area contributed by atoms with E-state index in [1.54, 1.807) is 22.3 Å². The van der Waals surface area contributed by atoms with Crippen molar-refractivity contribution in [1.29, 1.82) is 0 Å². The van der Waals surface area contributed by atoms with Gasteiger partial charge in [0.2, 0.25) is 0 Å². The molecule has 0 spiro atoms. The summed E-state index contributed by atoms with van der Waals surface area (Å²) >= 11 is -2.74. The molecule has 0 amide bonds. The Hall–Kier alpha value is -2.35. The maximum absolute atomic E-state index is 2.75. The van der Waals surface area contributed by atoms with Crippen LogP contribution in [0, 0.1) is 0 Å². The summed E-state index contributed by atoms with van der Waals surface area (Å²) in [5.74, 6) is 0. The van der Waals surface area contributed by atoms with Gasteiger partial charge in [-0.05, 0) is 0 Å². The number of fused-ring (bicyclic) bond motifs is 3. The van der Waals surface area contributed by atoms with E-state index in [-0.39, 0.29) is 35.6 Å². The quantitative estimate of drug-likeness (QED) is 0.140. The third-order valence-electron chi connectivity index (χ3n) is 14.0. The number of hydrogen-bond donors (Lipinski definition) is 0. The second-order valence-electron chi connectivity index (χ2n) is 19.3. The number of benzene rings is 4. The van der Waals surface area contributed by atoms with Crippen LogP contribution >= 0.6 is 0 Å². The van der Waals surface area contributed by atoms with Crippen molar-refractivity contribution < 1.29 is 41.4 Å². The van der Waals surface area contributed by atoms with E-state index in [0.29, 0.717) is 8.45 Å². The Morgan fingerprint density at radius 2 is 0.909 bits per heavy atom. The Kier molecular flexibility index (Phi) is 12.7. The van der Waals surface area contributed by atoms with Crippen LogP contribution in [0.4, 0.5) is 0 Å². The molecule has 8 rings (SSSR count). The van der Waals surface area contributed by atoms with Crippen molar-refractivity contribution in [2.45, 2.75) is 147 Å². The van der Waals surface area contributed by atoms with E-state index in [1.807, 2.05) is 11.1 Å². The van der Waals surface area contributed by atoms with Crippen molar-refractivity contribution in [3.05, 3.63) is 129 Å². The molecule has 4 atom stereocenters. The summed E-state index contributed by atoms with van der Waals surface area (Å²) < 4.78 is 3.31. The van der Waals surface area contributed by atoms with Gasteiger partial charge in [0.25, 0.3) is 0 Å². The molecule has 4 unspecified atom stereocenters. The molecule has 1 aliphatic heterocycles. The van der Waals surface area contributed by atoms with Crippen LogP contribution in [0.25, 0.3) is 34.4 Å². The van der Waals surface area contributed by atoms with Gasteiger partial charge in [-0.15, -0.1) is 0 Å². The van der Waals surface area contributed by atoms with E-state index in [2.05, 4.69) is 152 Å². The Morgan fingerprint density at radius 3 is 1.25 bits per heavy atom. The normalized spacial score (nSPS) is 22.6. The molecule has 4 aliphatic rings. The van der Waals surface area contributed by atoms with Crippen molar-refractivity contribution in [3.8, 4) is 22.3 Å².